The largest absolute Gasteiger partial charge is 0.204 e. The quantitative estimate of drug-likeness (QED) is 0.656. The van der Waals surface area contributed by atoms with Gasteiger partial charge in [0.15, 0.2) is 5.82 Å². The maximum atomic E-state index is 13.6. The third-order valence-corrected chi connectivity index (χ3v) is 3.77. The van der Waals surface area contributed by atoms with E-state index in [1.54, 1.807) is 6.07 Å². The number of thiophene rings is 1. The number of halogens is 2. The second-order valence-corrected chi connectivity index (χ2v) is 4.71. The lowest BCUT2D eigenvalue weighted by Gasteiger charge is -2.01. The van der Waals surface area contributed by atoms with Gasteiger partial charge in [-0.3, -0.25) is 0 Å². The summed E-state index contributed by atoms with van der Waals surface area (Å²) in [5, 5.41) is 3.29. The Morgan fingerprint density at radius 3 is 3.00 bits per heavy atom. The van der Waals surface area contributed by atoms with Crippen molar-refractivity contribution < 1.29 is 4.39 Å². The highest BCUT2D eigenvalue weighted by molar-refractivity contribution is 7.98. The molecule has 0 amide bonds. The Morgan fingerprint density at radius 2 is 2.31 bits per heavy atom. The van der Waals surface area contributed by atoms with Crippen LogP contribution in [-0.2, 0) is 0 Å². The van der Waals surface area contributed by atoms with E-state index in [9.17, 15) is 4.39 Å². The fraction of sp³-hybridized carbons (Fsp3) is 0.111. The maximum absolute atomic E-state index is 13.6. The summed E-state index contributed by atoms with van der Waals surface area (Å²) in [5.74, 6) is -0.151. The topological polar surface area (TPSA) is 0 Å². The van der Waals surface area contributed by atoms with E-state index in [4.69, 9.17) is 11.6 Å². The molecule has 1 aromatic heterocycles. The summed E-state index contributed by atoms with van der Waals surface area (Å²) < 4.78 is 14.3. The summed E-state index contributed by atoms with van der Waals surface area (Å²) in [7, 11) is 0. The summed E-state index contributed by atoms with van der Waals surface area (Å²) in [6.45, 7) is 0. The Morgan fingerprint density at radius 1 is 1.54 bits per heavy atom. The smallest absolute Gasteiger partial charge is 0.154 e. The summed E-state index contributed by atoms with van der Waals surface area (Å²) >= 11 is 8.74. The number of fused-ring (bicyclic) bond motifs is 1. The SMILES string of the molecule is CSc1cc(Cl)c2ccsc2c1F. The number of rotatable bonds is 1. The van der Waals surface area contributed by atoms with Crippen LogP contribution in [0.4, 0.5) is 4.39 Å². The van der Waals surface area contributed by atoms with Gasteiger partial charge >= 0.3 is 0 Å². The van der Waals surface area contributed by atoms with Crippen molar-refractivity contribution in [3.05, 3.63) is 28.4 Å². The van der Waals surface area contributed by atoms with Gasteiger partial charge < -0.3 is 0 Å². The Bertz CT molecular complexity index is 450. The summed E-state index contributed by atoms with van der Waals surface area (Å²) in [4.78, 5) is 0.611. The normalized spacial score (nSPS) is 11.0. The Hall–Kier alpha value is -0.250. The number of hydrogen-bond acceptors (Lipinski definition) is 2. The molecule has 13 heavy (non-hydrogen) atoms. The van der Waals surface area contributed by atoms with Gasteiger partial charge in [0.25, 0.3) is 0 Å². The second kappa shape index (κ2) is 3.48. The standard InChI is InChI=1S/C9H6ClFS2/c1-12-7-4-6(10)5-2-3-13-9(5)8(7)11/h2-4H,1H3. The van der Waals surface area contributed by atoms with Crippen molar-refractivity contribution in [1.29, 1.82) is 0 Å². The van der Waals surface area contributed by atoms with E-state index in [-0.39, 0.29) is 5.82 Å². The molecule has 0 N–H and O–H groups in total. The minimum atomic E-state index is -0.151. The molecular weight excluding hydrogens is 227 g/mol. The lowest BCUT2D eigenvalue weighted by atomic mass is 10.2. The van der Waals surface area contributed by atoms with Crippen molar-refractivity contribution in [2.45, 2.75) is 4.90 Å². The van der Waals surface area contributed by atoms with Crippen molar-refractivity contribution in [2.75, 3.05) is 6.26 Å². The molecule has 0 saturated heterocycles. The van der Waals surface area contributed by atoms with Crippen LogP contribution in [0.15, 0.2) is 22.4 Å². The number of thioether (sulfide) groups is 1. The van der Waals surface area contributed by atoms with Gasteiger partial charge in [-0.05, 0) is 23.8 Å². The van der Waals surface area contributed by atoms with Gasteiger partial charge in [-0.2, -0.15) is 0 Å². The Balaban J connectivity index is 2.85. The molecule has 0 radical (unpaired) electrons. The first-order chi connectivity index (χ1) is 6.24. The van der Waals surface area contributed by atoms with E-state index in [0.717, 1.165) is 5.39 Å². The minimum Gasteiger partial charge on any atom is -0.204 e. The van der Waals surface area contributed by atoms with Crippen LogP contribution < -0.4 is 0 Å². The van der Waals surface area contributed by atoms with Gasteiger partial charge in [0, 0.05) is 10.3 Å². The third kappa shape index (κ3) is 1.45. The fourth-order valence-electron chi connectivity index (χ4n) is 1.18. The molecule has 2 rings (SSSR count). The van der Waals surface area contributed by atoms with Crippen LogP contribution >= 0.6 is 34.7 Å². The van der Waals surface area contributed by atoms with E-state index in [1.165, 1.54) is 23.1 Å². The molecule has 0 aliphatic rings. The average Bonchev–Trinajstić information content (AvgIpc) is 2.60. The van der Waals surface area contributed by atoms with Crippen LogP contribution in [0, 0.1) is 5.82 Å². The van der Waals surface area contributed by atoms with E-state index in [0.29, 0.717) is 14.6 Å². The van der Waals surface area contributed by atoms with Gasteiger partial charge in [-0.1, -0.05) is 11.6 Å². The average molecular weight is 233 g/mol. The van der Waals surface area contributed by atoms with E-state index < -0.39 is 0 Å². The monoisotopic (exact) mass is 232 g/mol. The molecule has 0 spiro atoms. The molecule has 0 unspecified atom stereocenters. The fourth-order valence-corrected chi connectivity index (χ4v) is 3.01. The minimum absolute atomic E-state index is 0.151. The van der Waals surface area contributed by atoms with Crippen LogP contribution in [0.25, 0.3) is 10.1 Å². The second-order valence-electron chi connectivity index (χ2n) is 2.54. The predicted molar refractivity (Wildman–Crippen MR) is 58.6 cm³/mol. The molecule has 68 valence electrons. The first-order valence-corrected chi connectivity index (χ1v) is 6.11. The zero-order chi connectivity index (χ0) is 9.42. The van der Waals surface area contributed by atoms with Crippen LogP contribution in [0.2, 0.25) is 5.02 Å². The molecule has 0 nitrogen and oxygen atoms in total. The molecule has 0 atom stereocenters. The van der Waals surface area contributed by atoms with Crippen molar-refractivity contribution in [1.82, 2.24) is 0 Å². The van der Waals surface area contributed by atoms with Crippen LogP contribution in [-0.4, -0.2) is 6.26 Å². The lowest BCUT2D eigenvalue weighted by molar-refractivity contribution is 0.617. The maximum Gasteiger partial charge on any atom is 0.154 e. The number of hydrogen-bond donors (Lipinski definition) is 0. The molecule has 0 aliphatic carbocycles. The van der Waals surface area contributed by atoms with Gasteiger partial charge in [0.05, 0.1) is 9.72 Å². The van der Waals surface area contributed by atoms with Crippen LogP contribution in [0.3, 0.4) is 0 Å². The first-order valence-electron chi connectivity index (χ1n) is 3.63. The summed E-state index contributed by atoms with van der Waals surface area (Å²) in [5.41, 5.74) is 0. The van der Waals surface area contributed by atoms with Gasteiger partial charge in [-0.15, -0.1) is 23.1 Å². The molecule has 0 fully saturated rings. The molecule has 1 heterocycles. The Labute approximate surface area is 88.7 Å². The third-order valence-electron chi connectivity index (χ3n) is 1.82. The van der Waals surface area contributed by atoms with Crippen molar-refractivity contribution in [3.63, 3.8) is 0 Å². The lowest BCUT2D eigenvalue weighted by Crippen LogP contribution is -1.80. The predicted octanol–water partition coefficient (Wildman–Crippen LogP) is 4.42. The highest BCUT2D eigenvalue weighted by Crippen LogP contribution is 2.35. The Kier molecular flexibility index (Phi) is 2.49. The van der Waals surface area contributed by atoms with Crippen molar-refractivity contribution in [3.8, 4) is 0 Å². The number of benzene rings is 1. The summed E-state index contributed by atoms with van der Waals surface area (Å²) in [6.07, 6.45) is 1.84. The van der Waals surface area contributed by atoms with Crippen molar-refractivity contribution >= 4 is 44.8 Å². The van der Waals surface area contributed by atoms with E-state index in [1.807, 2.05) is 17.7 Å². The molecule has 0 aliphatic heterocycles. The zero-order valence-corrected chi connectivity index (χ0v) is 9.19. The van der Waals surface area contributed by atoms with Crippen molar-refractivity contribution in [2.24, 2.45) is 0 Å². The van der Waals surface area contributed by atoms with Gasteiger partial charge in [-0.25, -0.2) is 4.39 Å². The highest BCUT2D eigenvalue weighted by atomic mass is 35.5. The highest BCUT2D eigenvalue weighted by Gasteiger charge is 2.10. The van der Waals surface area contributed by atoms with Crippen LogP contribution in [0.1, 0.15) is 0 Å². The molecular formula is C9H6ClFS2. The molecule has 0 saturated carbocycles. The summed E-state index contributed by atoms with van der Waals surface area (Å²) in [6, 6.07) is 3.52. The van der Waals surface area contributed by atoms with E-state index in [2.05, 4.69) is 0 Å². The molecule has 1 aromatic carbocycles. The van der Waals surface area contributed by atoms with Gasteiger partial charge in [0.1, 0.15) is 0 Å². The molecule has 0 bridgehead atoms. The zero-order valence-electron chi connectivity index (χ0n) is 6.80. The molecule has 4 heteroatoms. The first kappa shape index (κ1) is 9.31. The van der Waals surface area contributed by atoms with E-state index >= 15 is 0 Å². The molecule has 2 aromatic rings. The van der Waals surface area contributed by atoms with Gasteiger partial charge in [0.2, 0.25) is 0 Å². The van der Waals surface area contributed by atoms with Crippen LogP contribution in [0.5, 0.6) is 0 Å².